The third-order valence-corrected chi connectivity index (χ3v) is 6.26. The van der Waals surface area contributed by atoms with E-state index in [0.717, 1.165) is 22.5 Å². The molecule has 9 heteroatoms. The standard InChI is InChI=1S/C14H13ClN4O2S2/c15-13-3-4-14(22-13)23(20,21)18-6-7-19-10-12(9-17-19)11-2-1-5-16-8-11/h1-5,8-10,18H,6-7H2. The van der Waals surface area contributed by atoms with Crippen LogP contribution in [0.1, 0.15) is 0 Å². The first kappa shape index (κ1) is 16.1. The van der Waals surface area contributed by atoms with Crippen LogP contribution in [0.15, 0.2) is 53.3 Å². The van der Waals surface area contributed by atoms with Crippen LogP contribution in [-0.4, -0.2) is 29.7 Å². The predicted molar refractivity (Wildman–Crippen MR) is 90.0 cm³/mol. The molecule has 0 aromatic carbocycles. The minimum absolute atomic E-state index is 0.207. The molecule has 0 saturated heterocycles. The van der Waals surface area contributed by atoms with Gasteiger partial charge in [0.15, 0.2) is 0 Å². The number of pyridine rings is 1. The molecule has 3 aromatic heterocycles. The van der Waals surface area contributed by atoms with Crippen LogP contribution in [0.25, 0.3) is 11.1 Å². The van der Waals surface area contributed by atoms with Gasteiger partial charge in [-0.25, -0.2) is 13.1 Å². The molecule has 3 heterocycles. The van der Waals surface area contributed by atoms with Gasteiger partial charge in [-0.2, -0.15) is 5.10 Å². The summed E-state index contributed by atoms with van der Waals surface area (Å²) in [5.74, 6) is 0. The third kappa shape index (κ3) is 3.97. The molecule has 0 aliphatic rings. The summed E-state index contributed by atoms with van der Waals surface area (Å²) in [6.45, 7) is 0.671. The Morgan fingerprint density at radius 3 is 2.78 bits per heavy atom. The van der Waals surface area contributed by atoms with Crippen LogP contribution in [0.2, 0.25) is 4.34 Å². The van der Waals surface area contributed by atoms with E-state index in [0.29, 0.717) is 10.9 Å². The summed E-state index contributed by atoms with van der Waals surface area (Å²) in [6, 6.07) is 6.85. The number of thiophene rings is 1. The Balaban J connectivity index is 1.60. The number of nitrogens with one attached hydrogen (secondary N) is 1. The van der Waals surface area contributed by atoms with Gasteiger partial charge in [0.1, 0.15) is 4.21 Å². The molecule has 120 valence electrons. The first-order chi connectivity index (χ1) is 11.0. The fourth-order valence-corrected chi connectivity index (χ4v) is 4.52. The average molecular weight is 369 g/mol. The molecule has 3 aromatic rings. The molecule has 0 aliphatic carbocycles. The van der Waals surface area contributed by atoms with Gasteiger partial charge in [-0.3, -0.25) is 9.67 Å². The Bertz CT molecular complexity index is 890. The number of rotatable bonds is 6. The van der Waals surface area contributed by atoms with Crippen molar-refractivity contribution in [3.63, 3.8) is 0 Å². The number of aromatic nitrogens is 3. The lowest BCUT2D eigenvalue weighted by Gasteiger charge is -2.04. The molecule has 6 nitrogen and oxygen atoms in total. The lowest BCUT2D eigenvalue weighted by atomic mass is 10.2. The summed E-state index contributed by atoms with van der Waals surface area (Å²) in [5.41, 5.74) is 1.90. The van der Waals surface area contributed by atoms with Crippen LogP contribution in [0.5, 0.6) is 0 Å². The molecule has 1 N–H and O–H groups in total. The lowest BCUT2D eigenvalue weighted by Crippen LogP contribution is -2.26. The minimum atomic E-state index is -3.52. The van der Waals surface area contributed by atoms with E-state index in [1.165, 1.54) is 6.07 Å². The van der Waals surface area contributed by atoms with Crippen LogP contribution in [0.3, 0.4) is 0 Å². The Morgan fingerprint density at radius 1 is 1.22 bits per heavy atom. The van der Waals surface area contributed by atoms with Crippen LogP contribution in [0.4, 0.5) is 0 Å². The van der Waals surface area contributed by atoms with Gasteiger partial charge < -0.3 is 0 Å². The number of sulfonamides is 1. The Morgan fingerprint density at radius 2 is 2.09 bits per heavy atom. The van der Waals surface area contributed by atoms with Gasteiger partial charge in [0.05, 0.1) is 17.1 Å². The first-order valence-corrected chi connectivity index (χ1v) is 9.40. The van der Waals surface area contributed by atoms with Crippen molar-refractivity contribution in [1.82, 2.24) is 19.5 Å². The maximum atomic E-state index is 12.1. The highest BCUT2D eigenvalue weighted by Gasteiger charge is 2.15. The number of hydrogen-bond acceptors (Lipinski definition) is 5. The predicted octanol–water partition coefficient (Wildman–Crippen LogP) is 2.64. The van der Waals surface area contributed by atoms with Crippen molar-refractivity contribution in [2.24, 2.45) is 0 Å². The van der Waals surface area contributed by atoms with Crippen LogP contribution >= 0.6 is 22.9 Å². The maximum Gasteiger partial charge on any atom is 0.250 e. The molecule has 3 rings (SSSR count). The second kappa shape index (κ2) is 6.79. The summed E-state index contributed by atoms with van der Waals surface area (Å²) in [6.07, 6.45) is 7.04. The zero-order valence-corrected chi connectivity index (χ0v) is 14.3. The molecule has 0 atom stereocenters. The Labute approximate surface area is 142 Å². The summed E-state index contributed by atoms with van der Waals surface area (Å²) in [4.78, 5) is 4.06. The fraction of sp³-hybridized carbons (Fsp3) is 0.143. The number of nitrogens with zero attached hydrogens (tertiary/aromatic N) is 3. The van der Waals surface area contributed by atoms with E-state index in [9.17, 15) is 8.42 Å². The first-order valence-electron chi connectivity index (χ1n) is 6.72. The summed E-state index contributed by atoms with van der Waals surface area (Å²) >= 11 is 6.79. The second-order valence-corrected chi connectivity index (χ2v) is 8.40. The summed E-state index contributed by atoms with van der Waals surface area (Å²) in [5, 5.41) is 4.22. The van der Waals surface area contributed by atoms with E-state index in [2.05, 4.69) is 14.8 Å². The molecule has 0 aliphatic heterocycles. The van der Waals surface area contributed by atoms with Gasteiger partial charge >= 0.3 is 0 Å². The van der Waals surface area contributed by atoms with Crippen molar-refractivity contribution in [3.05, 3.63) is 53.4 Å². The SMILES string of the molecule is O=S(=O)(NCCn1cc(-c2cccnc2)cn1)c1ccc(Cl)s1. The van der Waals surface area contributed by atoms with E-state index >= 15 is 0 Å². The van der Waals surface area contributed by atoms with E-state index in [1.54, 1.807) is 29.3 Å². The summed E-state index contributed by atoms with van der Waals surface area (Å²) < 4.78 is 29.0. The normalized spacial score (nSPS) is 11.7. The highest BCUT2D eigenvalue weighted by molar-refractivity contribution is 7.91. The van der Waals surface area contributed by atoms with Crippen molar-refractivity contribution < 1.29 is 8.42 Å². The molecule has 0 amide bonds. The topological polar surface area (TPSA) is 76.9 Å². The lowest BCUT2D eigenvalue weighted by molar-refractivity contribution is 0.562. The number of hydrogen-bond donors (Lipinski definition) is 1. The van der Waals surface area contributed by atoms with Crippen molar-refractivity contribution in [2.75, 3.05) is 6.54 Å². The van der Waals surface area contributed by atoms with E-state index in [1.807, 2.05) is 18.3 Å². The molecule has 0 unspecified atom stereocenters. The molecular weight excluding hydrogens is 356 g/mol. The van der Waals surface area contributed by atoms with Crippen LogP contribution < -0.4 is 4.72 Å². The fourth-order valence-electron chi connectivity index (χ4n) is 1.98. The monoisotopic (exact) mass is 368 g/mol. The third-order valence-electron chi connectivity index (χ3n) is 3.07. The molecule has 0 radical (unpaired) electrons. The second-order valence-electron chi connectivity index (χ2n) is 4.69. The molecule has 0 saturated carbocycles. The average Bonchev–Trinajstić information content (AvgIpc) is 3.17. The van der Waals surface area contributed by atoms with Crippen molar-refractivity contribution >= 4 is 33.0 Å². The van der Waals surface area contributed by atoms with Gasteiger partial charge in [0, 0.05) is 36.3 Å². The molecule has 0 spiro atoms. The van der Waals surface area contributed by atoms with E-state index < -0.39 is 10.0 Å². The van der Waals surface area contributed by atoms with Crippen molar-refractivity contribution in [2.45, 2.75) is 10.8 Å². The van der Waals surface area contributed by atoms with Crippen molar-refractivity contribution in [1.29, 1.82) is 0 Å². The van der Waals surface area contributed by atoms with Gasteiger partial charge in [-0.1, -0.05) is 17.7 Å². The van der Waals surface area contributed by atoms with Gasteiger partial charge in [0.2, 0.25) is 10.0 Å². The molecule has 0 fully saturated rings. The molecule has 23 heavy (non-hydrogen) atoms. The smallest absolute Gasteiger partial charge is 0.250 e. The van der Waals surface area contributed by atoms with Crippen molar-refractivity contribution in [3.8, 4) is 11.1 Å². The zero-order chi connectivity index (χ0) is 16.3. The highest BCUT2D eigenvalue weighted by Crippen LogP contribution is 2.25. The van der Waals surface area contributed by atoms with Gasteiger partial charge in [-0.15, -0.1) is 11.3 Å². The van der Waals surface area contributed by atoms with E-state index in [-0.39, 0.29) is 10.8 Å². The molecular formula is C14H13ClN4O2S2. The van der Waals surface area contributed by atoms with Gasteiger partial charge in [0.25, 0.3) is 0 Å². The number of halogens is 1. The van der Waals surface area contributed by atoms with Crippen LogP contribution in [-0.2, 0) is 16.6 Å². The highest BCUT2D eigenvalue weighted by atomic mass is 35.5. The minimum Gasteiger partial charge on any atom is -0.271 e. The van der Waals surface area contributed by atoms with Crippen LogP contribution in [0, 0.1) is 0 Å². The van der Waals surface area contributed by atoms with Gasteiger partial charge in [-0.05, 0) is 18.2 Å². The summed E-state index contributed by atoms with van der Waals surface area (Å²) in [7, 11) is -3.52. The zero-order valence-electron chi connectivity index (χ0n) is 11.9. The Kier molecular flexibility index (Phi) is 4.76. The quantitative estimate of drug-likeness (QED) is 0.725. The maximum absolute atomic E-state index is 12.1. The Hall–Kier alpha value is -1.74. The molecule has 0 bridgehead atoms. The van der Waals surface area contributed by atoms with E-state index in [4.69, 9.17) is 11.6 Å². The largest absolute Gasteiger partial charge is 0.271 e.